The van der Waals surface area contributed by atoms with Gasteiger partial charge in [-0.15, -0.1) is 0 Å². The number of hydrogen-bond donors (Lipinski definition) is 1. The highest BCUT2D eigenvalue weighted by Crippen LogP contribution is 2.35. The third-order valence-electron chi connectivity index (χ3n) is 3.53. The van der Waals surface area contributed by atoms with E-state index in [4.69, 9.17) is 18.7 Å². The number of carbonyl (C=O) groups is 1. The Morgan fingerprint density at radius 2 is 2.12 bits per heavy atom. The molecule has 1 N–H and O–H groups in total. The van der Waals surface area contributed by atoms with Crippen LogP contribution in [-0.4, -0.2) is 27.8 Å². The van der Waals surface area contributed by atoms with Crippen molar-refractivity contribution in [1.82, 2.24) is 20.4 Å². The first kappa shape index (κ1) is 15.9. The highest BCUT2D eigenvalue weighted by molar-refractivity contribution is 5.89. The summed E-state index contributed by atoms with van der Waals surface area (Å²) in [5.74, 6) is 1.50. The zero-order valence-corrected chi connectivity index (χ0v) is 13.5. The van der Waals surface area contributed by atoms with Crippen LogP contribution in [0.1, 0.15) is 22.2 Å². The summed E-state index contributed by atoms with van der Waals surface area (Å²) < 4.78 is 21.1. The lowest BCUT2D eigenvalue weighted by Gasteiger charge is -2.04. The molecule has 2 aromatic heterocycles. The molecule has 132 valence electrons. The van der Waals surface area contributed by atoms with Gasteiger partial charge in [-0.2, -0.15) is 4.98 Å². The van der Waals surface area contributed by atoms with E-state index in [1.54, 1.807) is 36.5 Å². The van der Waals surface area contributed by atoms with Crippen molar-refractivity contribution in [2.75, 3.05) is 6.79 Å². The van der Waals surface area contributed by atoms with Gasteiger partial charge < -0.3 is 24.1 Å². The summed E-state index contributed by atoms with van der Waals surface area (Å²) in [6.07, 6.45) is 1.65. The van der Waals surface area contributed by atoms with Gasteiger partial charge in [0.2, 0.25) is 12.6 Å². The van der Waals surface area contributed by atoms with Gasteiger partial charge in [0.05, 0.1) is 12.2 Å². The molecule has 1 aliphatic rings. The topological polar surface area (TPSA) is 109 Å². The summed E-state index contributed by atoms with van der Waals surface area (Å²) in [5, 5.41) is 6.40. The van der Waals surface area contributed by atoms with Crippen LogP contribution in [0.2, 0.25) is 0 Å². The van der Waals surface area contributed by atoms with E-state index in [0.717, 1.165) is 5.69 Å². The molecule has 0 atom stereocenters. The number of rotatable bonds is 6. The van der Waals surface area contributed by atoms with Crippen molar-refractivity contribution < 1.29 is 23.5 Å². The Hall–Kier alpha value is -3.62. The van der Waals surface area contributed by atoms with Crippen LogP contribution in [-0.2, 0) is 13.2 Å². The lowest BCUT2D eigenvalue weighted by Crippen LogP contribution is -2.23. The van der Waals surface area contributed by atoms with Gasteiger partial charge in [0, 0.05) is 12.3 Å². The normalized spacial score (nSPS) is 12.0. The van der Waals surface area contributed by atoms with Crippen molar-refractivity contribution in [3.8, 4) is 17.2 Å². The fraction of sp³-hybridized carbons (Fsp3) is 0.176. The molecule has 1 aliphatic heterocycles. The molecule has 0 fully saturated rings. The first-order chi connectivity index (χ1) is 12.8. The standard InChI is InChI=1S/C17H14N4O5/c22-16(19-8-11-3-1-2-6-18-11)17-20-15(21-26-17)9-23-12-4-5-13-14(7-12)25-10-24-13/h1-7H,8-10H2,(H,19,22). The zero-order chi connectivity index (χ0) is 17.8. The Balaban J connectivity index is 1.32. The Kier molecular flexibility index (Phi) is 4.33. The van der Waals surface area contributed by atoms with Crippen LogP contribution in [0.3, 0.4) is 0 Å². The third-order valence-corrected chi connectivity index (χ3v) is 3.53. The maximum absolute atomic E-state index is 12.0. The quantitative estimate of drug-likeness (QED) is 0.712. The van der Waals surface area contributed by atoms with E-state index in [2.05, 4.69) is 20.4 Å². The minimum absolute atomic E-state index is 0.0522. The average Bonchev–Trinajstić information content (AvgIpc) is 3.34. The molecule has 3 heterocycles. The van der Waals surface area contributed by atoms with Crippen molar-refractivity contribution in [3.63, 3.8) is 0 Å². The molecule has 3 aromatic rings. The van der Waals surface area contributed by atoms with Crippen molar-refractivity contribution in [3.05, 3.63) is 60.0 Å². The largest absolute Gasteiger partial charge is 0.485 e. The second-order valence-electron chi connectivity index (χ2n) is 5.32. The van der Waals surface area contributed by atoms with E-state index in [1.807, 2.05) is 6.07 Å². The van der Waals surface area contributed by atoms with Gasteiger partial charge in [0.15, 0.2) is 18.1 Å². The maximum Gasteiger partial charge on any atom is 0.316 e. The van der Waals surface area contributed by atoms with Crippen LogP contribution in [0.4, 0.5) is 0 Å². The molecule has 0 aliphatic carbocycles. The van der Waals surface area contributed by atoms with Gasteiger partial charge in [0.1, 0.15) is 5.75 Å². The second kappa shape index (κ2) is 7.09. The number of nitrogens with one attached hydrogen (secondary N) is 1. The van der Waals surface area contributed by atoms with Crippen LogP contribution in [0.15, 0.2) is 47.1 Å². The van der Waals surface area contributed by atoms with Crippen molar-refractivity contribution in [1.29, 1.82) is 0 Å². The molecular formula is C17H14N4O5. The fourth-order valence-corrected chi connectivity index (χ4v) is 2.27. The van der Waals surface area contributed by atoms with E-state index in [1.165, 1.54) is 0 Å². The molecule has 0 unspecified atom stereocenters. The molecule has 9 heteroatoms. The van der Waals surface area contributed by atoms with Crippen molar-refractivity contribution >= 4 is 5.91 Å². The summed E-state index contributed by atoms with van der Waals surface area (Å²) in [6, 6.07) is 10.7. The first-order valence-electron chi connectivity index (χ1n) is 7.81. The Bertz CT molecular complexity index is 913. The maximum atomic E-state index is 12.0. The molecule has 4 rings (SSSR count). The summed E-state index contributed by atoms with van der Waals surface area (Å²) in [7, 11) is 0. The molecule has 0 saturated heterocycles. The van der Waals surface area contributed by atoms with Crippen molar-refractivity contribution in [2.24, 2.45) is 0 Å². The highest BCUT2D eigenvalue weighted by Gasteiger charge is 2.17. The molecule has 9 nitrogen and oxygen atoms in total. The smallest absolute Gasteiger partial charge is 0.316 e. The summed E-state index contributed by atoms with van der Waals surface area (Å²) in [5.41, 5.74) is 0.728. The van der Waals surface area contributed by atoms with Crippen LogP contribution in [0.5, 0.6) is 17.2 Å². The van der Waals surface area contributed by atoms with E-state index < -0.39 is 5.91 Å². The van der Waals surface area contributed by atoms with Gasteiger partial charge in [0.25, 0.3) is 0 Å². The van der Waals surface area contributed by atoms with Crippen LogP contribution >= 0.6 is 0 Å². The van der Waals surface area contributed by atoms with Crippen LogP contribution in [0.25, 0.3) is 0 Å². The summed E-state index contributed by atoms with van der Waals surface area (Å²) in [6.45, 7) is 0.516. The Morgan fingerprint density at radius 3 is 3.00 bits per heavy atom. The number of aromatic nitrogens is 3. The molecule has 0 saturated carbocycles. The third kappa shape index (κ3) is 3.56. The van der Waals surface area contributed by atoms with Gasteiger partial charge >= 0.3 is 11.8 Å². The molecule has 0 bridgehead atoms. The predicted octanol–water partition coefficient (Wildman–Crippen LogP) is 1.70. The van der Waals surface area contributed by atoms with Gasteiger partial charge in [-0.3, -0.25) is 9.78 Å². The lowest BCUT2D eigenvalue weighted by molar-refractivity contribution is 0.0906. The second-order valence-corrected chi connectivity index (χ2v) is 5.32. The first-order valence-corrected chi connectivity index (χ1v) is 7.81. The van der Waals surface area contributed by atoms with Crippen LogP contribution in [0, 0.1) is 0 Å². The number of ether oxygens (including phenoxy) is 3. The molecule has 1 amide bonds. The average molecular weight is 354 g/mol. The van der Waals surface area contributed by atoms with Gasteiger partial charge in [-0.25, -0.2) is 0 Å². The minimum atomic E-state index is -0.475. The number of pyridine rings is 1. The highest BCUT2D eigenvalue weighted by atomic mass is 16.7. The van der Waals surface area contributed by atoms with Crippen LogP contribution < -0.4 is 19.5 Å². The fourth-order valence-electron chi connectivity index (χ4n) is 2.27. The van der Waals surface area contributed by atoms with Gasteiger partial charge in [-0.05, 0) is 24.3 Å². The van der Waals surface area contributed by atoms with E-state index >= 15 is 0 Å². The zero-order valence-electron chi connectivity index (χ0n) is 13.5. The number of nitrogens with zero attached hydrogens (tertiary/aromatic N) is 3. The van der Waals surface area contributed by atoms with E-state index in [-0.39, 0.29) is 31.7 Å². The lowest BCUT2D eigenvalue weighted by atomic mass is 10.3. The SMILES string of the molecule is O=C(NCc1ccccn1)c1nc(COc2ccc3c(c2)OCO3)no1. The van der Waals surface area contributed by atoms with Crippen molar-refractivity contribution in [2.45, 2.75) is 13.2 Å². The van der Waals surface area contributed by atoms with E-state index in [9.17, 15) is 4.79 Å². The molecule has 1 aromatic carbocycles. The molecule has 0 spiro atoms. The minimum Gasteiger partial charge on any atom is -0.485 e. The number of benzene rings is 1. The van der Waals surface area contributed by atoms with Gasteiger partial charge in [-0.1, -0.05) is 11.2 Å². The summed E-state index contributed by atoms with van der Waals surface area (Å²) in [4.78, 5) is 20.2. The molecule has 26 heavy (non-hydrogen) atoms. The number of fused-ring (bicyclic) bond motifs is 1. The molecule has 0 radical (unpaired) electrons. The number of carbonyl (C=O) groups excluding carboxylic acids is 1. The summed E-state index contributed by atoms with van der Waals surface area (Å²) >= 11 is 0. The number of hydrogen-bond acceptors (Lipinski definition) is 8. The predicted molar refractivity (Wildman–Crippen MR) is 86.6 cm³/mol. The Morgan fingerprint density at radius 1 is 1.19 bits per heavy atom. The monoisotopic (exact) mass is 354 g/mol. The van der Waals surface area contributed by atoms with E-state index in [0.29, 0.717) is 17.2 Å². The number of amides is 1. The molecular weight excluding hydrogens is 340 g/mol. The Labute approximate surface area is 147 Å².